The van der Waals surface area contributed by atoms with E-state index in [4.69, 9.17) is 9.47 Å². The number of para-hydroxylation sites is 1. The lowest BCUT2D eigenvalue weighted by Gasteiger charge is -2.35. The fourth-order valence-corrected chi connectivity index (χ4v) is 6.35. The zero-order valence-electron chi connectivity index (χ0n) is 26.4. The van der Waals surface area contributed by atoms with Gasteiger partial charge in [-0.2, -0.15) is 0 Å². The molecule has 1 aliphatic heterocycles. The summed E-state index contributed by atoms with van der Waals surface area (Å²) >= 11 is 0. The highest BCUT2D eigenvalue weighted by Crippen LogP contribution is 2.59. The molecule has 5 rings (SSSR count). The van der Waals surface area contributed by atoms with E-state index in [1.807, 2.05) is 26.0 Å². The minimum atomic E-state index is -1.82. The van der Waals surface area contributed by atoms with E-state index >= 15 is 0 Å². The van der Waals surface area contributed by atoms with Crippen molar-refractivity contribution in [3.05, 3.63) is 112 Å². The second kappa shape index (κ2) is 11.9. The molecule has 3 aromatic carbocycles. The smallest absolute Gasteiger partial charge is 0.421 e. The first kappa shape index (κ1) is 31.6. The monoisotopic (exact) mass is 607 g/mol. The summed E-state index contributed by atoms with van der Waals surface area (Å²) < 4.78 is 11.2. The Morgan fingerprint density at radius 1 is 0.844 bits per heavy atom. The molecule has 3 atom stereocenters. The van der Waals surface area contributed by atoms with E-state index < -0.39 is 46.6 Å². The Labute approximate surface area is 263 Å². The first-order chi connectivity index (χ1) is 21.3. The number of carbonyl (C=O) groups is 5. The molecule has 232 valence electrons. The summed E-state index contributed by atoms with van der Waals surface area (Å²) in [6, 6.07) is 20.6. The summed E-state index contributed by atoms with van der Waals surface area (Å²) in [5, 5.41) is 0. The summed E-state index contributed by atoms with van der Waals surface area (Å²) in [6.45, 7) is 10.5. The molecule has 1 heterocycles. The largest absolute Gasteiger partial charge is 0.465 e. The maximum absolute atomic E-state index is 14.9. The van der Waals surface area contributed by atoms with Gasteiger partial charge in [0, 0.05) is 29.0 Å². The molecular formula is C37H37NO7. The first-order valence-electron chi connectivity index (χ1n) is 15.1. The van der Waals surface area contributed by atoms with Crippen LogP contribution in [0, 0.1) is 25.7 Å². The third-order valence-corrected chi connectivity index (χ3v) is 8.33. The molecule has 2 aliphatic rings. The van der Waals surface area contributed by atoms with Gasteiger partial charge in [0.2, 0.25) is 5.91 Å². The van der Waals surface area contributed by atoms with Crippen molar-refractivity contribution in [2.24, 2.45) is 11.8 Å². The van der Waals surface area contributed by atoms with Crippen LogP contribution >= 0.6 is 0 Å². The van der Waals surface area contributed by atoms with Crippen molar-refractivity contribution in [1.29, 1.82) is 0 Å². The lowest BCUT2D eigenvalue weighted by molar-refractivity contribution is -0.151. The van der Waals surface area contributed by atoms with Crippen LogP contribution in [0.4, 0.5) is 10.5 Å². The standard InChI is InChI=1S/C37H37NO7/c1-7-44-33(41)31-27(32(40)25-18-14-23(3)15-19-25)20-26(21-30(39)24-16-12-22(2)13-17-24)37(31)28-10-8-9-11-29(28)38(34(37)42)35(43)45-36(4,5)6/h8-20,26,31H,7,21H2,1-6H3/t26-,31-,37-/m0/s1. The summed E-state index contributed by atoms with van der Waals surface area (Å²) in [5.41, 5.74) is 0.556. The SMILES string of the molecule is CCOC(=O)[C@@H]1C(C(=O)c2ccc(C)cc2)=C[C@@H](CC(=O)c2ccc(C)cc2)[C@@]12C(=O)N(C(=O)OC(C)(C)C)c1ccccc12. The Kier molecular flexibility index (Phi) is 8.36. The van der Waals surface area contributed by atoms with Gasteiger partial charge in [-0.25, -0.2) is 9.69 Å². The van der Waals surface area contributed by atoms with E-state index in [2.05, 4.69) is 0 Å². The van der Waals surface area contributed by atoms with Gasteiger partial charge in [0.1, 0.15) is 16.9 Å². The molecule has 0 N–H and O–H groups in total. The van der Waals surface area contributed by atoms with Crippen LogP contribution in [-0.2, 0) is 24.5 Å². The molecule has 0 radical (unpaired) electrons. The minimum Gasteiger partial charge on any atom is -0.465 e. The molecule has 0 fully saturated rings. The number of Topliss-reactive ketones (excluding diaryl/α,β-unsaturated/α-hetero) is 2. The number of anilines is 1. The summed E-state index contributed by atoms with van der Waals surface area (Å²) in [5.74, 6) is -4.67. The number of carbonyl (C=O) groups excluding carboxylic acids is 5. The van der Waals surface area contributed by atoms with E-state index in [1.165, 1.54) is 0 Å². The highest BCUT2D eigenvalue weighted by atomic mass is 16.6. The lowest BCUT2D eigenvalue weighted by atomic mass is 9.64. The molecule has 0 unspecified atom stereocenters. The van der Waals surface area contributed by atoms with Crippen molar-refractivity contribution in [3.8, 4) is 0 Å². The zero-order chi connectivity index (χ0) is 32.7. The normalized spacial score (nSPS) is 20.5. The van der Waals surface area contributed by atoms with Crippen LogP contribution in [0.25, 0.3) is 0 Å². The van der Waals surface area contributed by atoms with Gasteiger partial charge in [0.25, 0.3) is 0 Å². The molecule has 8 heteroatoms. The molecule has 3 aromatic rings. The molecule has 2 amide bonds. The van der Waals surface area contributed by atoms with Crippen molar-refractivity contribution in [3.63, 3.8) is 0 Å². The Balaban J connectivity index is 1.74. The van der Waals surface area contributed by atoms with E-state index in [-0.39, 0.29) is 30.1 Å². The van der Waals surface area contributed by atoms with E-state index in [0.717, 1.165) is 16.0 Å². The second-order valence-electron chi connectivity index (χ2n) is 12.6. The van der Waals surface area contributed by atoms with Gasteiger partial charge in [-0.15, -0.1) is 0 Å². The highest BCUT2D eigenvalue weighted by molar-refractivity contribution is 6.25. The van der Waals surface area contributed by atoms with Gasteiger partial charge < -0.3 is 9.47 Å². The van der Waals surface area contributed by atoms with Crippen LogP contribution in [0.1, 0.15) is 71.5 Å². The van der Waals surface area contributed by atoms with E-state index in [0.29, 0.717) is 16.7 Å². The van der Waals surface area contributed by atoms with Crippen molar-refractivity contribution in [1.82, 2.24) is 0 Å². The number of esters is 1. The maximum Gasteiger partial charge on any atom is 0.421 e. The summed E-state index contributed by atoms with van der Waals surface area (Å²) in [7, 11) is 0. The second-order valence-corrected chi connectivity index (χ2v) is 12.6. The van der Waals surface area contributed by atoms with Crippen molar-refractivity contribution >= 4 is 35.2 Å². The zero-order valence-corrected chi connectivity index (χ0v) is 26.4. The van der Waals surface area contributed by atoms with Crippen LogP contribution in [0.3, 0.4) is 0 Å². The number of ether oxygens (including phenoxy) is 2. The molecule has 0 aromatic heterocycles. The van der Waals surface area contributed by atoms with Crippen molar-refractivity contribution < 1.29 is 33.4 Å². The first-order valence-corrected chi connectivity index (χ1v) is 15.1. The average molecular weight is 608 g/mol. The van der Waals surface area contributed by atoms with Gasteiger partial charge in [-0.05, 0) is 53.2 Å². The Hall–Kier alpha value is -4.85. The molecule has 0 bridgehead atoms. The van der Waals surface area contributed by atoms with Crippen LogP contribution < -0.4 is 4.90 Å². The molecular weight excluding hydrogens is 570 g/mol. The van der Waals surface area contributed by atoms with Gasteiger partial charge in [-0.1, -0.05) is 83.9 Å². The Bertz CT molecular complexity index is 1710. The number of ketones is 2. The molecule has 1 spiro atoms. The van der Waals surface area contributed by atoms with Crippen molar-refractivity contribution in [2.75, 3.05) is 11.5 Å². The van der Waals surface area contributed by atoms with Crippen LogP contribution in [0.5, 0.6) is 0 Å². The van der Waals surface area contributed by atoms with E-state index in [9.17, 15) is 24.0 Å². The van der Waals surface area contributed by atoms with Crippen LogP contribution in [0.2, 0.25) is 0 Å². The molecule has 0 saturated heterocycles. The molecule has 1 aliphatic carbocycles. The summed E-state index contributed by atoms with van der Waals surface area (Å²) in [6.07, 6.45) is 0.455. The van der Waals surface area contributed by atoms with E-state index in [1.54, 1.807) is 94.4 Å². The Morgan fingerprint density at radius 3 is 2.00 bits per heavy atom. The van der Waals surface area contributed by atoms with Gasteiger partial charge in [0.15, 0.2) is 11.6 Å². The highest BCUT2D eigenvalue weighted by Gasteiger charge is 2.67. The molecule has 45 heavy (non-hydrogen) atoms. The predicted octanol–water partition coefficient (Wildman–Crippen LogP) is 6.71. The third kappa shape index (κ3) is 5.61. The number of imide groups is 1. The fourth-order valence-electron chi connectivity index (χ4n) is 6.35. The average Bonchev–Trinajstić information content (AvgIpc) is 3.45. The minimum absolute atomic E-state index is 0.00397. The predicted molar refractivity (Wildman–Crippen MR) is 169 cm³/mol. The number of fused-ring (bicyclic) bond motifs is 2. The van der Waals surface area contributed by atoms with Crippen LogP contribution in [0.15, 0.2) is 84.4 Å². The maximum atomic E-state index is 14.9. The number of rotatable bonds is 7. The molecule has 0 saturated carbocycles. The number of aryl methyl sites for hydroxylation is 2. The number of allylic oxidation sites excluding steroid dienone is 1. The lowest BCUT2D eigenvalue weighted by Crippen LogP contribution is -2.53. The van der Waals surface area contributed by atoms with Gasteiger partial charge in [-0.3, -0.25) is 19.2 Å². The quantitative estimate of drug-likeness (QED) is 0.217. The Morgan fingerprint density at radius 2 is 1.42 bits per heavy atom. The number of nitrogens with zero attached hydrogens (tertiary/aromatic N) is 1. The van der Waals surface area contributed by atoms with Crippen LogP contribution in [-0.4, -0.2) is 41.7 Å². The summed E-state index contributed by atoms with van der Waals surface area (Å²) in [4.78, 5) is 71.5. The fraction of sp³-hybridized carbons (Fsp3) is 0.324. The molecule has 8 nitrogen and oxygen atoms in total. The third-order valence-electron chi connectivity index (χ3n) is 8.33. The number of benzene rings is 3. The topological polar surface area (TPSA) is 107 Å². The van der Waals surface area contributed by atoms with Gasteiger partial charge >= 0.3 is 12.1 Å². The number of hydrogen-bond acceptors (Lipinski definition) is 7. The number of hydrogen-bond donors (Lipinski definition) is 0. The van der Waals surface area contributed by atoms with Crippen molar-refractivity contribution in [2.45, 2.75) is 59.0 Å². The van der Waals surface area contributed by atoms with Gasteiger partial charge in [0.05, 0.1) is 12.3 Å². The number of amides is 2.